The van der Waals surface area contributed by atoms with Crippen LogP contribution in [-0.2, 0) is 0 Å². The second kappa shape index (κ2) is 8.75. The minimum atomic E-state index is -0.304. The van der Waals surface area contributed by atoms with E-state index in [1.807, 2.05) is 31.2 Å². The number of rotatable bonds is 4. The lowest BCUT2D eigenvalue weighted by atomic mass is 9.97. The van der Waals surface area contributed by atoms with Crippen LogP contribution in [0, 0.1) is 12.7 Å². The van der Waals surface area contributed by atoms with E-state index in [4.69, 9.17) is 21.7 Å². The molecular formula is C25H26FN7O. The Balaban J connectivity index is 1.74. The summed E-state index contributed by atoms with van der Waals surface area (Å²) < 4.78 is 14.4. The molecule has 0 unspecified atom stereocenters. The summed E-state index contributed by atoms with van der Waals surface area (Å²) in [5, 5.41) is 12.0. The molecule has 0 radical (unpaired) electrons. The molecule has 0 bridgehead atoms. The number of hydrogen-bond donors (Lipinski definition) is 4. The number of pyridine rings is 1. The minimum absolute atomic E-state index is 0.150. The van der Waals surface area contributed by atoms with Gasteiger partial charge in [0.15, 0.2) is 0 Å². The maximum Gasteiger partial charge on any atom is 0.144 e. The maximum atomic E-state index is 14.4. The molecule has 1 saturated heterocycles. The summed E-state index contributed by atoms with van der Waals surface area (Å²) in [6.07, 6.45) is 4.74. The second-order valence-electron chi connectivity index (χ2n) is 8.73. The summed E-state index contributed by atoms with van der Waals surface area (Å²) in [4.78, 5) is 14.8. The zero-order valence-corrected chi connectivity index (χ0v) is 18.8. The third-order valence-electron chi connectivity index (χ3n) is 6.24. The Labute approximate surface area is 196 Å². The Morgan fingerprint density at radius 2 is 2.00 bits per heavy atom. The van der Waals surface area contributed by atoms with E-state index in [1.165, 1.54) is 18.3 Å². The van der Waals surface area contributed by atoms with Gasteiger partial charge in [0.1, 0.15) is 17.5 Å². The van der Waals surface area contributed by atoms with Crippen molar-refractivity contribution in [1.29, 1.82) is 0 Å². The van der Waals surface area contributed by atoms with Crippen molar-refractivity contribution in [2.75, 3.05) is 23.7 Å². The van der Waals surface area contributed by atoms with Gasteiger partial charge in [0, 0.05) is 30.9 Å². The summed E-state index contributed by atoms with van der Waals surface area (Å²) in [5.74, 6) is 0.595. The lowest BCUT2D eigenvalue weighted by molar-refractivity contribution is 0.322. The van der Waals surface area contributed by atoms with E-state index in [0.717, 1.165) is 64.9 Å². The first kappa shape index (κ1) is 21.8. The van der Waals surface area contributed by atoms with Gasteiger partial charge in [0.05, 0.1) is 28.5 Å². The monoisotopic (exact) mass is 459 g/mol. The average Bonchev–Trinajstić information content (AvgIpc) is 3.22. The quantitative estimate of drug-likeness (QED) is 0.207. The zero-order chi connectivity index (χ0) is 23.8. The Bertz CT molecular complexity index is 1370. The number of hydrogen-bond acceptors (Lipinski definition) is 7. The SMILES string of the molecule is Cc1cc(F)cc(-c2cnc(N)c(-c3nc4ccc(/C=N\O)cc4[nH]3)c2N2CCC(N)CC2)c1. The number of anilines is 2. The van der Waals surface area contributed by atoms with Crippen LogP contribution >= 0.6 is 0 Å². The molecule has 8 nitrogen and oxygen atoms in total. The summed E-state index contributed by atoms with van der Waals surface area (Å²) >= 11 is 0. The fourth-order valence-electron chi connectivity index (χ4n) is 4.60. The molecule has 0 aliphatic carbocycles. The Kier molecular flexibility index (Phi) is 5.62. The maximum absolute atomic E-state index is 14.4. The van der Waals surface area contributed by atoms with E-state index < -0.39 is 0 Å². The molecule has 0 saturated carbocycles. The molecule has 4 aromatic rings. The van der Waals surface area contributed by atoms with Crippen LogP contribution in [0.3, 0.4) is 0 Å². The first-order valence-electron chi connectivity index (χ1n) is 11.2. The lowest BCUT2D eigenvalue weighted by Gasteiger charge is -2.34. The van der Waals surface area contributed by atoms with E-state index in [-0.39, 0.29) is 11.9 Å². The summed E-state index contributed by atoms with van der Waals surface area (Å²) in [6, 6.07) is 10.6. The first-order chi connectivity index (χ1) is 16.4. The summed E-state index contributed by atoms with van der Waals surface area (Å²) in [7, 11) is 0. The first-order valence-corrected chi connectivity index (χ1v) is 11.2. The fourth-order valence-corrected chi connectivity index (χ4v) is 4.60. The van der Waals surface area contributed by atoms with Crippen LogP contribution in [0.5, 0.6) is 0 Å². The number of nitrogens with one attached hydrogen (secondary N) is 1. The predicted octanol–water partition coefficient (Wildman–Crippen LogP) is 4.06. The molecule has 174 valence electrons. The van der Waals surface area contributed by atoms with Crippen molar-refractivity contribution < 1.29 is 9.60 Å². The van der Waals surface area contributed by atoms with Gasteiger partial charge in [-0.15, -0.1) is 0 Å². The molecule has 2 aromatic carbocycles. The molecule has 0 amide bonds. The molecule has 0 spiro atoms. The van der Waals surface area contributed by atoms with E-state index in [9.17, 15) is 4.39 Å². The number of aromatic amines is 1. The van der Waals surface area contributed by atoms with E-state index in [0.29, 0.717) is 17.2 Å². The Morgan fingerprint density at radius 1 is 1.21 bits per heavy atom. The lowest BCUT2D eigenvalue weighted by Crippen LogP contribution is -2.40. The minimum Gasteiger partial charge on any atom is -0.411 e. The molecule has 0 atom stereocenters. The average molecular weight is 460 g/mol. The molecule has 5 rings (SSSR count). The van der Waals surface area contributed by atoms with Gasteiger partial charge in [0.2, 0.25) is 0 Å². The third kappa shape index (κ3) is 4.06. The standard InChI is InChI=1S/C25H26FN7O/c1-14-8-16(11-17(26)9-14)19-13-29-24(28)22(23(19)33-6-4-18(27)5-7-33)25-31-20-3-2-15(12-30-34)10-21(20)32-25/h2-3,8-13,18,34H,4-7,27H2,1H3,(H2,28,29)(H,31,32)/b30-12-. The van der Waals surface area contributed by atoms with Gasteiger partial charge in [-0.25, -0.2) is 14.4 Å². The topological polar surface area (TPSA) is 129 Å². The van der Waals surface area contributed by atoms with Gasteiger partial charge < -0.3 is 26.6 Å². The predicted molar refractivity (Wildman–Crippen MR) is 133 cm³/mol. The number of nitrogens with zero attached hydrogens (tertiary/aromatic N) is 4. The van der Waals surface area contributed by atoms with Crippen LogP contribution in [0.2, 0.25) is 0 Å². The summed E-state index contributed by atoms with van der Waals surface area (Å²) in [6.45, 7) is 3.36. The van der Waals surface area contributed by atoms with Gasteiger partial charge in [-0.3, -0.25) is 0 Å². The highest BCUT2D eigenvalue weighted by molar-refractivity contribution is 5.96. The zero-order valence-electron chi connectivity index (χ0n) is 18.8. The van der Waals surface area contributed by atoms with Crippen molar-refractivity contribution >= 4 is 28.8 Å². The number of oxime groups is 1. The highest BCUT2D eigenvalue weighted by Crippen LogP contribution is 2.42. The van der Waals surface area contributed by atoms with Crippen molar-refractivity contribution in [3.05, 3.63) is 59.5 Å². The van der Waals surface area contributed by atoms with Gasteiger partial charge in [-0.2, -0.15) is 0 Å². The molecular weight excluding hydrogens is 433 g/mol. The highest BCUT2D eigenvalue weighted by atomic mass is 19.1. The van der Waals surface area contributed by atoms with Crippen LogP contribution in [0.4, 0.5) is 15.9 Å². The number of benzene rings is 2. The number of halogens is 1. The smallest absolute Gasteiger partial charge is 0.144 e. The van der Waals surface area contributed by atoms with Gasteiger partial charge in [-0.1, -0.05) is 17.3 Å². The van der Waals surface area contributed by atoms with Crippen LogP contribution in [-0.4, -0.2) is 45.5 Å². The van der Waals surface area contributed by atoms with Crippen LogP contribution in [0.25, 0.3) is 33.5 Å². The van der Waals surface area contributed by atoms with Crippen molar-refractivity contribution in [3.8, 4) is 22.5 Å². The second-order valence-corrected chi connectivity index (χ2v) is 8.73. The summed E-state index contributed by atoms with van der Waals surface area (Å²) in [5.41, 5.74) is 18.7. The number of aromatic nitrogens is 3. The van der Waals surface area contributed by atoms with Gasteiger partial charge in [0.25, 0.3) is 0 Å². The van der Waals surface area contributed by atoms with Crippen molar-refractivity contribution in [2.45, 2.75) is 25.8 Å². The number of piperidine rings is 1. The molecule has 1 fully saturated rings. The van der Waals surface area contributed by atoms with Crippen molar-refractivity contribution in [3.63, 3.8) is 0 Å². The number of H-pyrrole nitrogens is 1. The third-order valence-corrected chi connectivity index (χ3v) is 6.24. The van der Waals surface area contributed by atoms with E-state index >= 15 is 0 Å². The molecule has 6 N–H and O–H groups in total. The number of fused-ring (bicyclic) bond motifs is 1. The van der Waals surface area contributed by atoms with Crippen molar-refractivity contribution in [1.82, 2.24) is 15.0 Å². The molecule has 1 aliphatic rings. The number of nitrogen functional groups attached to an aromatic ring is 1. The molecule has 9 heteroatoms. The molecule has 34 heavy (non-hydrogen) atoms. The highest BCUT2D eigenvalue weighted by Gasteiger charge is 2.26. The largest absolute Gasteiger partial charge is 0.411 e. The Morgan fingerprint density at radius 3 is 2.74 bits per heavy atom. The Hall–Kier alpha value is -3.98. The molecule has 2 aromatic heterocycles. The van der Waals surface area contributed by atoms with E-state index in [1.54, 1.807) is 6.20 Å². The molecule has 1 aliphatic heterocycles. The normalized spacial score (nSPS) is 15.0. The van der Waals surface area contributed by atoms with Crippen molar-refractivity contribution in [2.24, 2.45) is 10.9 Å². The van der Waals surface area contributed by atoms with Gasteiger partial charge in [-0.05, 0) is 60.7 Å². The number of nitrogens with two attached hydrogens (primary N) is 2. The fraction of sp³-hybridized carbons (Fsp3) is 0.240. The number of imidazole rings is 1. The van der Waals surface area contributed by atoms with E-state index in [2.05, 4.69) is 20.0 Å². The van der Waals surface area contributed by atoms with Crippen LogP contribution in [0.15, 0.2) is 47.8 Å². The molecule has 3 heterocycles. The van der Waals surface area contributed by atoms with Gasteiger partial charge >= 0.3 is 0 Å². The van der Waals surface area contributed by atoms with Crippen LogP contribution in [0.1, 0.15) is 24.0 Å². The van der Waals surface area contributed by atoms with Crippen LogP contribution < -0.4 is 16.4 Å². The number of aryl methyl sites for hydroxylation is 1.